The van der Waals surface area contributed by atoms with Gasteiger partial charge in [0.2, 0.25) is 5.91 Å². The smallest absolute Gasteiger partial charge is 0.230 e. The molecule has 0 aromatic carbocycles. The maximum atomic E-state index is 12.3. The molecule has 0 N–H and O–H groups in total. The van der Waals surface area contributed by atoms with E-state index >= 15 is 0 Å². The molecular formula is C13H18N2O. The highest BCUT2D eigenvalue weighted by molar-refractivity contribution is 5.97. The molecule has 86 valence electrons. The van der Waals surface area contributed by atoms with Crippen molar-refractivity contribution in [1.29, 1.82) is 0 Å². The summed E-state index contributed by atoms with van der Waals surface area (Å²) in [6.07, 6.45) is 4.47. The van der Waals surface area contributed by atoms with E-state index in [0.29, 0.717) is 6.54 Å². The fraction of sp³-hybridized carbons (Fsp3) is 0.538. The predicted molar refractivity (Wildman–Crippen MR) is 64.2 cm³/mol. The van der Waals surface area contributed by atoms with E-state index in [-0.39, 0.29) is 17.2 Å². The van der Waals surface area contributed by atoms with Crippen LogP contribution in [-0.4, -0.2) is 17.4 Å². The second-order valence-electron chi connectivity index (χ2n) is 5.04. The number of anilines is 1. The number of amides is 1. The number of nitrogens with zero attached hydrogens (tertiary/aromatic N) is 2. The average Bonchev–Trinajstić information content (AvgIpc) is 2.90. The normalized spacial score (nSPS) is 21.6. The van der Waals surface area contributed by atoms with Gasteiger partial charge in [-0.3, -0.25) is 9.78 Å². The molecule has 1 saturated carbocycles. The number of carbonyl (C=O) groups is 1. The number of carbonyl (C=O) groups excluding carboxylic acids is 1. The van der Waals surface area contributed by atoms with E-state index in [4.69, 9.17) is 0 Å². The zero-order chi connectivity index (χ0) is 11.8. The number of pyridine rings is 1. The fourth-order valence-corrected chi connectivity index (χ4v) is 2.06. The maximum Gasteiger partial charge on any atom is 0.230 e. The Balaban J connectivity index is 2.15. The Kier molecular flexibility index (Phi) is 2.70. The van der Waals surface area contributed by atoms with Crippen LogP contribution in [-0.2, 0) is 4.79 Å². The average molecular weight is 218 g/mol. The van der Waals surface area contributed by atoms with E-state index in [9.17, 15) is 4.79 Å². The van der Waals surface area contributed by atoms with Crippen LogP contribution in [0.15, 0.2) is 24.5 Å². The highest BCUT2D eigenvalue weighted by Gasteiger charge is 2.51. The molecule has 1 amide bonds. The summed E-state index contributed by atoms with van der Waals surface area (Å²) in [5.41, 5.74) is 1.09. The van der Waals surface area contributed by atoms with Gasteiger partial charge in [0.1, 0.15) is 0 Å². The van der Waals surface area contributed by atoms with E-state index in [1.807, 2.05) is 24.0 Å². The van der Waals surface area contributed by atoms with Crippen molar-refractivity contribution in [3.05, 3.63) is 24.5 Å². The molecule has 0 radical (unpaired) electrons. The molecule has 0 aliphatic heterocycles. The Morgan fingerprint density at radius 1 is 1.62 bits per heavy atom. The summed E-state index contributed by atoms with van der Waals surface area (Å²) in [6, 6.07) is 3.80. The highest BCUT2D eigenvalue weighted by atomic mass is 16.2. The summed E-state index contributed by atoms with van der Waals surface area (Å²) < 4.78 is 0. The first-order valence-corrected chi connectivity index (χ1v) is 5.77. The SMILES string of the molecule is CCN(C(=O)[C@H]1CC1(C)C)c1cccnc1. The summed E-state index contributed by atoms with van der Waals surface area (Å²) in [4.78, 5) is 18.1. The van der Waals surface area contributed by atoms with Gasteiger partial charge in [0, 0.05) is 18.7 Å². The topological polar surface area (TPSA) is 33.2 Å². The van der Waals surface area contributed by atoms with Gasteiger partial charge in [-0.2, -0.15) is 0 Å². The molecule has 1 fully saturated rings. The van der Waals surface area contributed by atoms with Gasteiger partial charge in [-0.1, -0.05) is 13.8 Å². The van der Waals surface area contributed by atoms with Crippen molar-refractivity contribution in [3.8, 4) is 0 Å². The summed E-state index contributed by atoms with van der Waals surface area (Å²) in [5, 5.41) is 0. The molecule has 3 nitrogen and oxygen atoms in total. The molecule has 1 atom stereocenters. The number of hydrogen-bond donors (Lipinski definition) is 0. The molecule has 2 rings (SSSR count). The van der Waals surface area contributed by atoms with Crippen molar-refractivity contribution in [2.24, 2.45) is 11.3 Å². The lowest BCUT2D eigenvalue weighted by atomic mass is 10.1. The Morgan fingerprint density at radius 2 is 2.31 bits per heavy atom. The van der Waals surface area contributed by atoms with Crippen molar-refractivity contribution in [2.75, 3.05) is 11.4 Å². The second kappa shape index (κ2) is 3.89. The van der Waals surface area contributed by atoms with Crippen LogP contribution in [0.25, 0.3) is 0 Å². The van der Waals surface area contributed by atoms with Crippen LogP contribution in [0.3, 0.4) is 0 Å². The van der Waals surface area contributed by atoms with E-state index in [2.05, 4.69) is 18.8 Å². The predicted octanol–water partition coefficient (Wildman–Crippen LogP) is 2.48. The standard InChI is InChI=1S/C13H18N2O/c1-4-15(10-6-5-7-14-9-10)12(16)11-8-13(11,2)3/h5-7,9,11H,4,8H2,1-3H3/t11-/m1/s1. The summed E-state index contributed by atoms with van der Waals surface area (Å²) in [6.45, 7) is 7.00. The maximum absolute atomic E-state index is 12.3. The van der Waals surface area contributed by atoms with E-state index in [0.717, 1.165) is 12.1 Å². The fourth-order valence-electron chi connectivity index (χ4n) is 2.06. The Labute approximate surface area is 96.5 Å². The molecule has 0 bridgehead atoms. The minimum atomic E-state index is 0.187. The van der Waals surface area contributed by atoms with Crippen LogP contribution in [0.1, 0.15) is 27.2 Å². The summed E-state index contributed by atoms with van der Waals surface area (Å²) >= 11 is 0. The molecule has 3 heteroatoms. The van der Waals surface area contributed by atoms with E-state index < -0.39 is 0 Å². The Morgan fingerprint density at radius 3 is 2.75 bits per heavy atom. The van der Waals surface area contributed by atoms with Crippen LogP contribution in [0.4, 0.5) is 5.69 Å². The monoisotopic (exact) mass is 218 g/mol. The first kappa shape index (κ1) is 11.1. The van der Waals surface area contributed by atoms with Crippen LogP contribution in [0.5, 0.6) is 0 Å². The third-order valence-corrected chi connectivity index (χ3v) is 3.35. The Bertz CT molecular complexity index is 386. The van der Waals surface area contributed by atoms with Crippen LogP contribution in [0.2, 0.25) is 0 Å². The van der Waals surface area contributed by atoms with Crippen molar-refractivity contribution in [1.82, 2.24) is 4.98 Å². The van der Waals surface area contributed by atoms with Gasteiger partial charge in [-0.15, -0.1) is 0 Å². The zero-order valence-electron chi connectivity index (χ0n) is 10.1. The van der Waals surface area contributed by atoms with E-state index in [1.165, 1.54) is 0 Å². The number of rotatable bonds is 3. The van der Waals surface area contributed by atoms with Gasteiger partial charge < -0.3 is 4.90 Å². The molecule has 1 aromatic rings. The summed E-state index contributed by atoms with van der Waals surface area (Å²) in [7, 11) is 0. The van der Waals surface area contributed by atoms with Crippen LogP contribution < -0.4 is 4.90 Å². The molecule has 0 unspecified atom stereocenters. The van der Waals surface area contributed by atoms with Gasteiger partial charge in [-0.05, 0) is 30.9 Å². The minimum absolute atomic E-state index is 0.187. The molecule has 0 spiro atoms. The molecule has 1 aromatic heterocycles. The number of aromatic nitrogens is 1. The lowest BCUT2D eigenvalue weighted by Gasteiger charge is -2.21. The van der Waals surface area contributed by atoms with Crippen molar-refractivity contribution in [3.63, 3.8) is 0 Å². The van der Waals surface area contributed by atoms with Crippen molar-refractivity contribution >= 4 is 11.6 Å². The first-order chi connectivity index (χ1) is 7.56. The molecule has 1 aliphatic carbocycles. The van der Waals surface area contributed by atoms with Crippen LogP contribution >= 0.6 is 0 Å². The lowest BCUT2D eigenvalue weighted by Crippen LogP contribution is -2.33. The van der Waals surface area contributed by atoms with Gasteiger partial charge in [-0.25, -0.2) is 0 Å². The van der Waals surface area contributed by atoms with Gasteiger partial charge in [0.15, 0.2) is 0 Å². The third kappa shape index (κ3) is 1.94. The lowest BCUT2D eigenvalue weighted by molar-refractivity contribution is -0.120. The van der Waals surface area contributed by atoms with Gasteiger partial charge >= 0.3 is 0 Å². The largest absolute Gasteiger partial charge is 0.311 e. The van der Waals surface area contributed by atoms with Gasteiger partial charge in [0.05, 0.1) is 11.9 Å². The zero-order valence-corrected chi connectivity index (χ0v) is 10.1. The van der Waals surface area contributed by atoms with E-state index in [1.54, 1.807) is 12.4 Å². The molecular weight excluding hydrogens is 200 g/mol. The quantitative estimate of drug-likeness (QED) is 0.781. The summed E-state index contributed by atoms with van der Waals surface area (Å²) in [5.74, 6) is 0.424. The first-order valence-electron chi connectivity index (χ1n) is 5.77. The van der Waals surface area contributed by atoms with Crippen LogP contribution in [0, 0.1) is 11.3 Å². The Hall–Kier alpha value is -1.38. The third-order valence-electron chi connectivity index (χ3n) is 3.35. The van der Waals surface area contributed by atoms with Crippen molar-refractivity contribution in [2.45, 2.75) is 27.2 Å². The minimum Gasteiger partial charge on any atom is -0.311 e. The molecule has 16 heavy (non-hydrogen) atoms. The highest BCUT2D eigenvalue weighted by Crippen LogP contribution is 2.52. The molecule has 1 aliphatic rings. The number of hydrogen-bond acceptors (Lipinski definition) is 2. The molecule has 0 saturated heterocycles. The van der Waals surface area contributed by atoms with Gasteiger partial charge in [0.25, 0.3) is 0 Å². The van der Waals surface area contributed by atoms with Crippen molar-refractivity contribution < 1.29 is 4.79 Å². The second-order valence-corrected chi connectivity index (χ2v) is 5.04. The molecule has 1 heterocycles.